The molecule has 2 nitrogen and oxygen atoms in total. The first-order valence-electron chi connectivity index (χ1n) is 9.26. The van der Waals surface area contributed by atoms with Crippen molar-refractivity contribution in [2.75, 3.05) is 0 Å². The van der Waals surface area contributed by atoms with Gasteiger partial charge >= 0.3 is 0 Å². The molecule has 0 aliphatic rings. The van der Waals surface area contributed by atoms with E-state index in [0.29, 0.717) is 6.54 Å². The first kappa shape index (κ1) is 19.2. The van der Waals surface area contributed by atoms with Gasteiger partial charge in [-0.1, -0.05) is 78.9 Å². The van der Waals surface area contributed by atoms with Crippen LogP contribution in [0.5, 0.6) is 0 Å². The van der Waals surface area contributed by atoms with Crippen molar-refractivity contribution in [3.8, 4) is 0 Å². The minimum Gasteiger partial charge on any atom is -0.335 e. The second-order valence-corrected chi connectivity index (χ2v) is 7.95. The molecule has 0 aliphatic carbocycles. The van der Waals surface area contributed by atoms with Crippen LogP contribution in [-0.2, 0) is 11.3 Å². The molecule has 0 aromatic heterocycles. The number of thioether (sulfide) groups is 1. The van der Waals surface area contributed by atoms with E-state index in [0.717, 1.165) is 16.0 Å². The molecule has 3 rings (SSSR count). The topological polar surface area (TPSA) is 20.3 Å². The van der Waals surface area contributed by atoms with E-state index < -0.39 is 0 Å². The average Bonchev–Trinajstić information content (AvgIpc) is 2.72. The molecule has 0 heterocycles. The summed E-state index contributed by atoms with van der Waals surface area (Å²) in [6, 6.07) is 30.5. The summed E-state index contributed by atoms with van der Waals surface area (Å²) < 4.78 is 0. The Morgan fingerprint density at radius 2 is 1.33 bits per heavy atom. The highest BCUT2D eigenvalue weighted by Gasteiger charge is 2.28. The van der Waals surface area contributed by atoms with Gasteiger partial charge in [0.25, 0.3) is 0 Å². The van der Waals surface area contributed by atoms with E-state index in [1.165, 1.54) is 0 Å². The molecule has 0 fully saturated rings. The predicted octanol–water partition coefficient (Wildman–Crippen LogP) is 5.96. The van der Waals surface area contributed by atoms with Gasteiger partial charge in [-0.2, -0.15) is 0 Å². The van der Waals surface area contributed by atoms with Crippen LogP contribution in [0, 0.1) is 0 Å². The standard InChI is InChI=1S/C24H25NOS/c1-19(2)25(18-20-12-6-3-7-13-20)24(26)23(21-14-8-4-9-15-21)27-22-16-10-5-11-17-22/h3-17,19,23H,18H2,1-2H3. The number of nitrogens with zero attached hydrogens (tertiary/aromatic N) is 1. The van der Waals surface area contributed by atoms with Crippen LogP contribution in [0.3, 0.4) is 0 Å². The van der Waals surface area contributed by atoms with E-state index in [9.17, 15) is 4.79 Å². The maximum Gasteiger partial charge on any atom is 0.241 e. The van der Waals surface area contributed by atoms with Crippen molar-refractivity contribution in [2.45, 2.75) is 36.6 Å². The lowest BCUT2D eigenvalue weighted by Crippen LogP contribution is -2.38. The number of hydrogen-bond donors (Lipinski definition) is 0. The number of carbonyl (C=O) groups is 1. The zero-order chi connectivity index (χ0) is 19.1. The van der Waals surface area contributed by atoms with Gasteiger partial charge in [0.1, 0.15) is 5.25 Å². The van der Waals surface area contributed by atoms with Gasteiger partial charge in [-0.05, 0) is 37.1 Å². The Balaban J connectivity index is 1.90. The minimum absolute atomic E-state index is 0.125. The van der Waals surface area contributed by atoms with Crippen LogP contribution < -0.4 is 0 Å². The predicted molar refractivity (Wildman–Crippen MR) is 114 cm³/mol. The third kappa shape index (κ3) is 5.24. The molecule has 3 heteroatoms. The smallest absolute Gasteiger partial charge is 0.241 e. The first-order valence-corrected chi connectivity index (χ1v) is 10.1. The lowest BCUT2D eigenvalue weighted by molar-refractivity contribution is -0.133. The number of carbonyl (C=O) groups excluding carboxylic acids is 1. The van der Waals surface area contributed by atoms with E-state index in [-0.39, 0.29) is 17.2 Å². The third-order valence-corrected chi connectivity index (χ3v) is 5.68. The molecule has 1 unspecified atom stereocenters. The summed E-state index contributed by atoms with van der Waals surface area (Å²) >= 11 is 1.62. The van der Waals surface area contributed by atoms with Crippen LogP contribution in [0.1, 0.15) is 30.2 Å². The van der Waals surface area contributed by atoms with Crippen molar-refractivity contribution in [2.24, 2.45) is 0 Å². The summed E-state index contributed by atoms with van der Waals surface area (Å²) in [6.07, 6.45) is 0. The first-order chi connectivity index (χ1) is 13.1. The Morgan fingerprint density at radius 3 is 1.89 bits per heavy atom. The minimum atomic E-state index is -0.264. The molecule has 27 heavy (non-hydrogen) atoms. The highest BCUT2D eigenvalue weighted by atomic mass is 32.2. The molecule has 138 valence electrons. The fraction of sp³-hybridized carbons (Fsp3) is 0.208. The highest BCUT2D eigenvalue weighted by molar-refractivity contribution is 8.00. The Kier molecular flexibility index (Phi) is 6.72. The van der Waals surface area contributed by atoms with Crippen molar-refractivity contribution < 1.29 is 4.79 Å². The summed E-state index contributed by atoms with van der Waals surface area (Å²) in [6.45, 7) is 4.78. The lowest BCUT2D eigenvalue weighted by atomic mass is 10.1. The fourth-order valence-electron chi connectivity index (χ4n) is 2.97. The zero-order valence-electron chi connectivity index (χ0n) is 15.8. The summed E-state index contributed by atoms with van der Waals surface area (Å²) in [5.41, 5.74) is 2.19. The largest absolute Gasteiger partial charge is 0.335 e. The molecule has 0 aliphatic heterocycles. The van der Waals surface area contributed by atoms with Gasteiger partial charge in [0.05, 0.1) is 0 Å². The van der Waals surface area contributed by atoms with E-state index in [1.807, 2.05) is 71.6 Å². The second-order valence-electron chi connectivity index (χ2n) is 6.77. The SMILES string of the molecule is CC(C)N(Cc1ccccc1)C(=O)C(Sc1ccccc1)c1ccccc1. The maximum atomic E-state index is 13.6. The van der Waals surface area contributed by atoms with E-state index >= 15 is 0 Å². The van der Waals surface area contributed by atoms with E-state index in [4.69, 9.17) is 0 Å². The van der Waals surface area contributed by atoms with Gasteiger partial charge < -0.3 is 4.90 Å². The quantitative estimate of drug-likeness (QED) is 0.475. The molecule has 0 spiro atoms. The van der Waals surface area contributed by atoms with Crippen molar-refractivity contribution in [3.63, 3.8) is 0 Å². The molecule has 3 aromatic carbocycles. The summed E-state index contributed by atoms with van der Waals surface area (Å²) in [7, 11) is 0. The van der Waals surface area contributed by atoms with E-state index in [2.05, 4.69) is 38.1 Å². The second kappa shape index (κ2) is 9.43. The summed E-state index contributed by atoms with van der Waals surface area (Å²) in [4.78, 5) is 16.7. The molecule has 0 saturated heterocycles. The van der Waals surface area contributed by atoms with Gasteiger partial charge in [0.15, 0.2) is 0 Å². The normalized spacial score (nSPS) is 12.0. The summed E-state index contributed by atoms with van der Waals surface area (Å²) in [5.74, 6) is 0.147. The van der Waals surface area contributed by atoms with Crippen LogP contribution >= 0.6 is 11.8 Å². The Bertz CT molecular complexity index is 834. The molecule has 0 N–H and O–H groups in total. The fourth-order valence-corrected chi connectivity index (χ4v) is 4.09. The number of benzene rings is 3. The van der Waals surface area contributed by atoms with Gasteiger partial charge in [0.2, 0.25) is 5.91 Å². The summed E-state index contributed by atoms with van der Waals surface area (Å²) in [5, 5.41) is -0.264. The molecular formula is C24H25NOS. The number of rotatable bonds is 7. The number of hydrogen-bond acceptors (Lipinski definition) is 2. The molecule has 1 atom stereocenters. The van der Waals surface area contributed by atoms with Crippen LogP contribution in [0.2, 0.25) is 0 Å². The highest BCUT2D eigenvalue weighted by Crippen LogP contribution is 2.37. The lowest BCUT2D eigenvalue weighted by Gasteiger charge is -2.31. The molecule has 0 bridgehead atoms. The van der Waals surface area contributed by atoms with Gasteiger partial charge in [0, 0.05) is 17.5 Å². The van der Waals surface area contributed by atoms with Gasteiger partial charge in [-0.3, -0.25) is 4.79 Å². The third-order valence-electron chi connectivity index (χ3n) is 4.43. The molecule has 1 amide bonds. The van der Waals surface area contributed by atoms with Crippen molar-refractivity contribution in [1.82, 2.24) is 4.90 Å². The van der Waals surface area contributed by atoms with E-state index in [1.54, 1.807) is 11.8 Å². The van der Waals surface area contributed by atoms with Crippen LogP contribution in [0.25, 0.3) is 0 Å². The Labute approximate surface area is 166 Å². The van der Waals surface area contributed by atoms with Crippen molar-refractivity contribution in [1.29, 1.82) is 0 Å². The Hall–Kier alpha value is -2.52. The van der Waals surface area contributed by atoms with Crippen molar-refractivity contribution >= 4 is 17.7 Å². The van der Waals surface area contributed by atoms with Gasteiger partial charge in [-0.25, -0.2) is 0 Å². The van der Waals surface area contributed by atoms with Crippen LogP contribution in [0.15, 0.2) is 95.9 Å². The molecule has 3 aromatic rings. The molecule has 0 saturated carbocycles. The number of amides is 1. The van der Waals surface area contributed by atoms with Crippen molar-refractivity contribution in [3.05, 3.63) is 102 Å². The molecular weight excluding hydrogens is 350 g/mol. The maximum absolute atomic E-state index is 13.6. The van der Waals surface area contributed by atoms with Gasteiger partial charge in [-0.15, -0.1) is 11.8 Å². The van der Waals surface area contributed by atoms with Crippen LogP contribution in [-0.4, -0.2) is 16.8 Å². The zero-order valence-corrected chi connectivity index (χ0v) is 16.6. The average molecular weight is 376 g/mol. The van der Waals surface area contributed by atoms with Crippen LogP contribution in [0.4, 0.5) is 0 Å². The molecule has 0 radical (unpaired) electrons. The Morgan fingerprint density at radius 1 is 0.815 bits per heavy atom. The monoisotopic (exact) mass is 375 g/mol.